The second-order valence-corrected chi connectivity index (χ2v) is 4.76. The van der Waals surface area contributed by atoms with Gasteiger partial charge in [0.1, 0.15) is 10.9 Å². The van der Waals surface area contributed by atoms with Crippen molar-refractivity contribution in [1.29, 1.82) is 0 Å². The van der Waals surface area contributed by atoms with Gasteiger partial charge in [-0.2, -0.15) is 8.78 Å². The van der Waals surface area contributed by atoms with E-state index in [1.807, 2.05) is 0 Å². The second-order valence-electron chi connectivity index (χ2n) is 3.59. The van der Waals surface area contributed by atoms with Gasteiger partial charge in [0.05, 0.1) is 15.7 Å². The molecule has 20 heavy (non-hydrogen) atoms. The predicted octanol–water partition coefficient (Wildman–Crippen LogP) is 5.39. The highest BCUT2D eigenvalue weighted by Crippen LogP contribution is 2.34. The van der Waals surface area contributed by atoms with E-state index in [9.17, 15) is 8.78 Å². The topological polar surface area (TPSA) is 34.1 Å². The van der Waals surface area contributed by atoms with Crippen LogP contribution in [-0.4, -0.2) is 11.6 Å². The van der Waals surface area contributed by atoms with Gasteiger partial charge in [-0.1, -0.05) is 46.9 Å². The van der Waals surface area contributed by atoms with Crippen LogP contribution in [0.25, 0.3) is 0 Å². The first kappa shape index (κ1) is 15.1. The number of hydrogen-bond acceptors (Lipinski definition) is 3. The predicted molar refractivity (Wildman–Crippen MR) is 75.6 cm³/mol. The van der Waals surface area contributed by atoms with Crippen molar-refractivity contribution in [3.63, 3.8) is 0 Å². The van der Waals surface area contributed by atoms with E-state index in [-0.39, 0.29) is 32.5 Å². The Morgan fingerprint density at radius 1 is 1.10 bits per heavy atom. The van der Waals surface area contributed by atoms with Crippen molar-refractivity contribution in [2.24, 2.45) is 0 Å². The molecule has 0 aliphatic rings. The number of nitrogens with one attached hydrogen (secondary N) is 1. The smallest absolute Gasteiger partial charge is 0.387 e. The maximum atomic E-state index is 12.3. The third-order valence-electron chi connectivity index (χ3n) is 2.24. The Hall–Kier alpha value is -1.30. The molecule has 1 heterocycles. The molecule has 1 aromatic carbocycles. The maximum Gasteiger partial charge on any atom is 0.387 e. The van der Waals surface area contributed by atoms with Crippen LogP contribution in [0.2, 0.25) is 15.2 Å². The minimum Gasteiger partial charge on any atom is -0.433 e. The number of halogens is 5. The quantitative estimate of drug-likeness (QED) is 0.759. The van der Waals surface area contributed by atoms with Gasteiger partial charge in [-0.15, -0.1) is 0 Å². The Morgan fingerprint density at radius 2 is 1.80 bits per heavy atom. The zero-order chi connectivity index (χ0) is 14.7. The van der Waals surface area contributed by atoms with Gasteiger partial charge in [-0.3, -0.25) is 0 Å². The molecule has 1 N–H and O–H groups in total. The van der Waals surface area contributed by atoms with Crippen LogP contribution in [0.3, 0.4) is 0 Å². The molecule has 106 valence electrons. The summed E-state index contributed by atoms with van der Waals surface area (Å²) in [5, 5.41) is 3.21. The van der Waals surface area contributed by atoms with Crippen LogP contribution in [0, 0.1) is 0 Å². The molecule has 0 radical (unpaired) electrons. The minimum atomic E-state index is -2.94. The first-order chi connectivity index (χ1) is 9.47. The molecule has 0 amide bonds. The van der Waals surface area contributed by atoms with E-state index in [0.29, 0.717) is 0 Å². The van der Waals surface area contributed by atoms with Crippen molar-refractivity contribution in [3.8, 4) is 5.75 Å². The van der Waals surface area contributed by atoms with E-state index < -0.39 is 6.61 Å². The Labute approximate surface area is 128 Å². The Morgan fingerprint density at radius 3 is 2.50 bits per heavy atom. The zero-order valence-corrected chi connectivity index (χ0v) is 12.0. The van der Waals surface area contributed by atoms with Crippen LogP contribution >= 0.6 is 34.8 Å². The molecule has 0 fully saturated rings. The van der Waals surface area contributed by atoms with E-state index in [0.717, 1.165) is 0 Å². The standard InChI is InChI=1S/C12H7Cl3F2N2O/c13-6-5-7(14)11(19-10(6)15)18-8-3-1-2-4-9(8)20-12(16)17/h1-5,12H,(H,18,19). The van der Waals surface area contributed by atoms with Crippen LogP contribution in [0.1, 0.15) is 0 Å². The van der Waals surface area contributed by atoms with E-state index in [2.05, 4.69) is 15.0 Å². The fourth-order valence-corrected chi connectivity index (χ4v) is 1.97. The van der Waals surface area contributed by atoms with Crippen molar-refractivity contribution >= 4 is 46.3 Å². The molecular weight excluding hydrogens is 332 g/mol. The molecular formula is C12H7Cl3F2N2O. The number of hydrogen-bond donors (Lipinski definition) is 1. The number of anilines is 2. The van der Waals surface area contributed by atoms with Crippen molar-refractivity contribution < 1.29 is 13.5 Å². The fraction of sp³-hybridized carbons (Fsp3) is 0.0833. The van der Waals surface area contributed by atoms with Crippen molar-refractivity contribution in [2.75, 3.05) is 5.32 Å². The molecule has 2 rings (SSSR count). The summed E-state index contributed by atoms with van der Waals surface area (Å²) in [6, 6.07) is 7.54. The summed E-state index contributed by atoms with van der Waals surface area (Å²) in [4.78, 5) is 3.94. The van der Waals surface area contributed by atoms with E-state index in [1.165, 1.54) is 18.2 Å². The average molecular weight is 340 g/mol. The number of ether oxygens (including phenoxy) is 1. The number of nitrogens with zero attached hydrogens (tertiary/aromatic N) is 1. The number of pyridine rings is 1. The number of alkyl halides is 2. The number of para-hydroxylation sites is 2. The van der Waals surface area contributed by atoms with Crippen molar-refractivity contribution in [3.05, 3.63) is 45.5 Å². The zero-order valence-electron chi connectivity index (χ0n) is 9.71. The van der Waals surface area contributed by atoms with Crippen molar-refractivity contribution in [1.82, 2.24) is 4.98 Å². The lowest BCUT2D eigenvalue weighted by molar-refractivity contribution is -0.0493. The van der Waals surface area contributed by atoms with Crippen LogP contribution in [0.4, 0.5) is 20.3 Å². The van der Waals surface area contributed by atoms with Gasteiger partial charge in [-0.25, -0.2) is 4.98 Å². The normalized spacial score (nSPS) is 10.7. The number of rotatable bonds is 4. The Balaban J connectivity index is 2.33. The molecule has 0 aliphatic heterocycles. The molecule has 0 unspecified atom stereocenters. The Bertz CT molecular complexity index is 626. The lowest BCUT2D eigenvalue weighted by Crippen LogP contribution is -2.05. The molecule has 0 atom stereocenters. The first-order valence-electron chi connectivity index (χ1n) is 5.30. The highest BCUT2D eigenvalue weighted by molar-refractivity contribution is 6.43. The Kier molecular flexibility index (Phi) is 4.86. The van der Waals surface area contributed by atoms with Crippen LogP contribution in [0.5, 0.6) is 5.75 Å². The molecule has 0 spiro atoms. The maximum absolute atomic E-state index is 12.3. The van der Waals surface area contributed by atoms with Gasteiger partial charge in [0.15, 0.2) is 5.82 Å². The summed E-state index contributed by atoms with van der Waals surface area (Å²) in [5.41, 5.74) is 0.278. The largest absolute Gasteiger partial charge is 0.433 e. The van der Waals surface area contributed by atoms with Crippen LogP contribution < -0.4 is 10.1 Å². The number of aromatic nitrogens is 1. The second kappa shape index (κ2) is 6.43. The molecule has 0 saturated heterocycles. The molecule has 3 nitrogen and oxygen atoms in total. The van der Waals surface area contributed by atoms with Gasteiger partial charge in [0.2, 0.25) is 0 Å². The van der Waals surface area contributed by atoms with Gasteiger partial charge >= 0.3 is 6.61 Å². The summed E-state index contributed by atoms with van der Waals surface area (Å²) >= 11 is 17.5. The minimum absolute atomic E-state index is 0.0357. The fourth-order valence-electron chi connectivity index (χ4n) is 1.43. The average Bonchev–Trinajstić information content (AvgIpc) is 2.37. The number of benzene rings is 1. The van der Waals surface area contributed by atoms with Crippen LogP contribution in [-0.2, 0) is 0 Å². The summed E-state index contributed by atoms with van der Waals surface area (Å²) < 4.78 is 29.0. The molecule has 1 aromatic heterocycles. The lowest BCUT2D eigenvalue weighted by atomic mass is 10.3. The van der Waals surface area contributed by atoms with Gasteiger partial charge in [-0.05, 0) is 18.2 Å². The molecule has 0 saturated carbocycles. The monoisotopic (exact) mass is 338 g/mol. The summed E-state index contributed by atoms with van der Waals surface area (Å²) in [7, 11) is 0. The molecule has 8 heteroatoms. The highest BCUT2D eigenvalue weighted by Gasteiger charge is 2.12. The van der Waals surface area contributed by atoms with E-state index >= 15 is 0 Å². The molecule has 2 aromatic rings. The summed E-state index contributed by atoms with van der Waals surface area (Å²) in [6.45, 7) is -2.94. The first-order valence-corrected chi connectivity index (χ1v) is 6.43. The third-order valence-corrected chi connectivity index (χ3v) is 3.20. The van der Waals surface area contributed by atoms with Crippen LogP contribution in [0.15, 0.2) is 30.3 Å². The van der Waals surface area contributed by atoms with Crippen molar-refractivity contribution in [2.45, 2.75) is 6.61 Å². The highest BCUT2D eigenvalue weighted by atomic mass is 35.5. The summed E-state index contributed by atoms with van der Waals surface area (Å²) in [5.74, 6) is 0.151. The summed E-state index contributed by atoms with van der Waals surface area (Å²) in [6.07, 6.45) is 0. The van der Waals surface area contributed by atoms with Gasteiger partial charge in [0, 0.05) is 0 Å². The SMILES string of the molecule is FC(F)Oc1ccccc1Nc1nc(Cl)c(Cl)cc1Cl. The van der Waals surface area contributed by atoms with E-state index in [1.54, 1.807) is 12.1 Å². The molecule has 0 aliphatic carbocycles. The van der Waals surface area contributed by atoms with Gasteiger partial charge < -0.3 is 10.1 Å². The van der Waals surface area contributed by atoms with E-state index in [4.69, 9.17) is 34.8 Å². The molecule has 0 bridgehead atoms. The van der Waals surface area contributed by atoms with Gasteiger partial charge in [0.25, 0.3) is 0 Å². The lowest BCUT2D eigenvalue weighted by Gasteiger charge is -2.13. The third kappa shape index (κ3) is 3.62.